The molecule has 1 aliphatic rings. The smallest absolute Gasteiger partial charge is 0.225 e. The lowest BCUT2D eigenvalue weighted by molar-refractivity contribution is -0.120. The van der Waals surface area contributed by atoms with Crippen LogP contribution in [-0.4, -0.2) is 11.7 Å². The second kappa shape index (κ2) is 6.82. The maximum atomic E-state index is 12.0. The van der Waals surface area contributed by atoms with Crippen molar-refractivity contribution in [1.29, 1.82) is 5.26 Å². The van der Waals surface area contributed by atoms with E-state index in [0.29, 0.717) is 17.9 Å². The Bertz CT molecular complexity index is 596. The molecule has 0 aliphatic carbocycles. The number of rotatable bonds is 4. The van der Waals surface area contributed by atoms with Gasteiger partial charge in [-0.05, 0) is 18.4 Å². The first kappa shape index (κ1) is 15.7. The molecule has 4 heteroatoms. The number of carbonyl (C=O) groups excluding carboxylic acids is 1. The van der Waals surface area contributed by atoms with Crippen LogP contribution in [-0.2, 0) is 4.79 Å². The molecule has 0 radical (unpaired) electrons. The van der Waals surface area contributed by atoms with Crippen LogP contribution in [0.3, 0.4) is 0 Å². The average Bonchev–Trinajstić information content (AvgIpc) is 2.45. The zero-order chi connectivity index (χ0) is 15.4. The van der Waals surface area contributed by atoms with Crippen molar-refractivity contribution >= 4 is 17.7 Å². The largest absolute Gasteiger partial charge is 0.320 e. The summed E-state index contributed by atoms with van der Waals surface area (Å²) in [6.45, 7) is 6.28. The molecule has 1 aliphatic heterocycles. The van der Waals surface area contributed by atoms with Crippen LogP contribution >= 0.6 is 11.8 Å². The van der Waals surface area contributed by atoms with E-state index in [-0.39, 0.29) is 11.8 Å². The topological polar surface area (TPSA) is 52.9 Å². The molecule has 1 atom stereocenters. The standard InChI is InChI=1S/C17H20N2OS/c1-11(2)10-21-17-15(9-18)14(8-16(20)19-17)13-6-4-12(3)5-7-13/h4-7,11,14H,8,10H2,1-3H3,(H,19,20)/t14-/m1/s1. The normalized spacial score (nSPS) is 18.6. The van der Waals surface area contributed by atoms with E-state index in [2.05, 4.69) is 25.2 Å². The molecule has 0 aromatic heterocycles. The third-order valence-corrected chi connectivity index (χ3v) is 4.84. The summed E-state index contributed by atoms with van der Waals surface area (Å²) in [6.07, 6.45) is 0.345. The maximum absolute atomic E-state index is 12.0. The van der Waals surface area contributed by atoms with E-state index < -0.39 is 0 Å². The second-order valence-electron chi connectivity index (χ2n) is 5.78. The van der Waals surface area contributed by atoms with Gasteiger partial charge in [-0.2, -0.15) is 5.26 Å². The quantitative estimate of drug-likeness (QED) is 0.922. The first-order valence-electron chi connectivity index (χ1n) is 7.14. The highest BCUT2D eigenvalue weighted by Crippen LogP contribution is 2.36. The predicted octanol–water partition coefficient (Wildman–Crippen LogP) is 3.72. The Kier molecular flexibility index (Phi) is 5.08. The molecule has 0 bridgehead atoms. The molecule has 110 valence electrons. The molecule has 0 fully saturated rings. The number of amides is 1. The van der Waals surface area contributed by atoms with E-state index in [1.165, 1.54) is 5.56 Å². The van der Waals surface area contributed by atoms with Gasteiger partial charge in [0, 0.05) is 18.1 Å². The summed E-state index contributed by atoms with van der Waals surface area (Å²) in [5.74, 6) is 1.27. The van der Waals surface area contributed by atoms with Crippen molar-refractivity contribution in [3.8, 4) is 6.07 Å². The number of nitrogens with one attached hydrogen (secondary N) is 1. The number of benzene rings is 1. The zero-order valence-corrected chi connectivity index (χ0v) is 13.5. The van der Waals surface area contributed by atoms with E-state index >= 15 is 0 Å². The predicted molar refractivity (Wildman–Crippen MR) is 86.6 cm³/mol. The minimum absolute atomic E-state index is 0.00849. The number of allylic oxidation sites excluding steroid dienone is 1. The van der Waals surface area contributed by atoms with Gasteiger partial charge in [-0.15, -0.1) is 11.8 Å². The zero-order valence-electron chi connectivity index (χ0n) is 12.6. The van der Waals surface area contributed by atoms with E-state index in [0.717, 1.165) is 16.3 Å². The van der Waals surface area contributed by atoms with E-state index in [1.54, 1.807) is 11.8 Å². The maximum Gasteiger partial charge on any atom is 0.225 e. The van der Waals surface area contributed by atoms with E-state index in [9.17, 15) is 10.1 Å². The SMILES string of the molecule is Cc1ccc([C@H]2CC(=O)NC(SCC(C)C)=C2C#N)cc1. The Hall–Kier alpha value is -1.73. The molecule has 1 heterocycles. The van der Waals surface area contributed by atoms with Crippen LogP contribution in [0.5, 0.6) is 0 Å². The number of thioether (sulfide) groups is 1. The summed E-state index contributed by atoms with van der Waals surface area (Å²) in [6, 6.07) is 10.4. The highest BCUT2D eigenvalue weighted by molar-refractivity contribution is 8.03. The minimum Gasteiger partial charge on any atom is -0.320 e. The highest BCUT2D eigenvalue weighted by Gasteiger charge is 2.29. The molecule has 1 N–H and O–H groups in total. The minimum atomic E-state index is -0.126. The molecule has 0 unspecified atom stereocenters. The van der Waals surface area contributed by atoms with Crippen LogP contribution in [0, 0.1) is 24.2 Å². The van der Waals surface area contributed by atoms with Crippen molar-refractivity contribution in [1.82, 2.24) is 5.32 Å². The third kappa shape index (κ3) is 3.89. The number of hydrogen-bond acceptors (Lipinski definition) is 3. The van der Waals surface area contributed by atoms with Crippen LogP contribution in [0.2, 0.25) is 0 Å². The van der Waals surface area contributed by atoms with Gasteiger partial charge in [0.1, 0.15) is 0 Å². The molecule has 0 spiro atoms. The lowest BCUT2D eigenvalue weighted by Crippen LogP contribution is -2.31. The van der Waals surface area contributed by atoms with Crippen LogP contribution in [0.1, 0.15) is 37.3 Å². The Morgan fingerprint density at radius 2 is 2.05 bits per heavy atom. The van der Waals surface area contributed by atoms with Gasteiger partial charge >= 0.3 is 0 Å². The number of hydrogen-bond donors (Lipinski definition) is 1. The number of nitrogens with zero attached hydrogens (tertiary/aromatic N) is 1. The lowest BCUT2D eigenvalue weighted by Gasteiger charge is -2.25. The van der Waals surface area contributed by atoms with Crippen LogP contribution in [0.25, 0.3) is 0 Å². The van der Waals surface area contributed by atoms with Crippen molar-refractivity contribution in [2.24, 2.45) is 5.92 Å². The molecule has 0 saturated carbocycles. The summed E-state index contributed by atoms with van der Waals surface area (Å²) in [5.41, 5.74) is 2.90. The molecule has 21 heavy (non-hydrogen) atoms. The van der Waals surface area contributed by atoms with Crippen molar-refractivity contribution in [2.45, 2.75) is 33.1 Å². The number of nitriles is 1. The molecule has 0 saturated heterocycles. The summed E-state index contributed by atoms with van der Waals surface area (Å²) >= 11 is 1.57. The van der Waals surface area contributed by atoms with Gasteiger partial charge in [0.15, 0.2) is 0 Å². The van der Waals surface area contributed by atoms with Gasteiger partial charge in [-0.1, -0.05) is 43.7 Å². The van der Waals surface area contributed by atoms with Crippen molar-refractivity contribution in [3.63, 3.8) is 0 Å². The second-order valence-corrected chi connectivity index (χ2v) is 6.81. The van der Waals surface area contributed by atoms with Crippen LogP contribution in [0.15, 0.2) is 34.9 Å². The van der Waals surface area contributed by atoms with Crippen molar-refractivity contribution < 1.29 is 4.79 Å². The first-order chi connectivity index (χ1) is 10.0. The van der Waals surface area contributed by atoms with Crippen molar-refractivity contribution in [2.75, 3.05) is 5.75 Å². The Morgan fingerprint density at radius 1 is 1.38 bits per heavy atom. The van der Waals surface area contributed by atoms with E-state index in [4.69, 9.17) is 0 Å². The summed E-state index contributed by atoms with van der Waals surface area (Å²) < 4.78 is 0. The van der Waals surface area contributed by atoms with Crippen molar-refractivity contribution in [3.05, 3.63) is 46.0 Å². The lowest BCUT2D eigenvalue weighted by atomic mass is 9.87. The van der Waals surface area contributed by atoms with Gasteiger partial charge in [0.25, 0.3) is 0 Å². The molecular weight excluding hydrogens is 280 g/mol. The monoisotopic (exact) mass is 300 g/mol. The molecule has 1 amide bonds. The third-order valence-electron chi connectivity index (χ3n) is 3.40. The molecule has 1 aromatic rings. The average molecular weight is 300 g/mol. The molecule has 3 nitrogen and oxygen atoms in total. The van der Waals surface area contributed by atoms with Gasteiger partial charge in [0.05, 0.1) is 16.7 Å². The van der Waals surface area contributed by atoms with Crippen LogP contribution < -0.4 is 5.32 Å². The number of aryl methyl sites for hydroxylation is 1. The first-order valence-corrected chi connectivity index (χ1v) is 8.13. The van der Waals surface area contributed by atoms with Gasteiger partial charge < -0.3 is 5.32 Å². The molecule has 1 aromatic carbocycles. The fourth-order valence-electron chi connectivity index (χ4n) is 2.27. The molecular formula is C17H20N2OS. The van der Waals surface area contributed by atoms with Gasteiger partial charge in [-0.3, -0.25) is 4.79 Å². The fourth-order valence-corrected chi connectivity index (χ4v) is 3.30. The Labute approximate surface area is 130 Å². The summed E-state index contributed by atoms with van der Waals surface area (Å²) in [5, 5.41) is 13.1. The highest BCUT2D eigenvalue weighted by atomic mass is 32.2. The molecule has 2 rings (SSSR count). The summed E-state index contributed by atoms with van der Waals surface area (Å²) in [7, 11) is 0. The van der Waals surface area contributed by atoms with E-state index in [1.807, 2.05) is 31.2 Å². The number of carbonyl (C=O) groups is 1. The fraction of sp³-hybridized carbons (Fsp3) is 0.412. The van der Waals surface area contributed by atoms with Gasteiger partial charge in [-0.25, -0.2) is 0 Å². The van der Waals surface area contributed by atoms with Crippen LogP contribution in [0.4, 0.5) is 0 Å². The van der Waals surface area contributed by atoms with Gasteiger partial charge in [0.2, 0.25) is 5.91 Å². The Morgan fingerprint density at radius 3 is 2.62 bits per heavy atom. The Balaban J connectivity index is 2.34. The summed E-state index contributed by atoms with van der Waals surface area (Å²) in [4.78, 5) is 12.0.